The molecule has 1 aliphatic carbocycles. The number of hydrogen-bond donors (Lipinski definition) is 0. The van der Waals surface area contributed by atoms with Gasteiger partial charge in [-0.3, -0.25) is 0 Å². The zero-order valence-corrected chi connectivity index (χ0v) is 29.9. The first-order valence-electron chi connectivity index (χ1n) is 18.4. The molecule has 8 aromatic carbocycles. The fourth-order valence-corrected chi connectivity index (χ4v) is 8.54. The molecule has 252 valence electrons. The first-order chi connectivity index (χ1) is 26.0. The van der Waals surface area contributed by atoms with Gasteiger partial charge in [0.05, 0.1) is 11.0 Å². The van der Waals surface area contributed by atoms with Gasteiger partial charge in [0.2, 0.25) is 0 Å². The summed E-state index contributed by atoms with van der Waals surface area (Å²) in [7, 11) is 0. The molecule has 0 radical (unpaired) electrons. The fraction of sp³-hybridized carbons (Fsp3) is 0.0588. The van der Waals surface area contributed by atoms with Crippen molar-refractivity contribution in [3.8, 4) is 39.1 Å². The summed E-state index contributed by atoms with van der Waals surface area (Å²) in [6.45, 7) is 4.72. The Morgan fingerprint density at radius 1 is 0.377 bits per heavy atom. The van der Waals surface area contributed by atoms with Crippen molar-refractivity contribution in [2.24, 2.45) is 0 Å². The summed E-state index contributed by atoms with van der Waals surface area (Å²) >= 11 is 0. The molecular formula is C51H38N2. The van der Waals surface area contributed by atoms with Gasteiger partial charge in [0.15, 0.2) is 0 Å². The van der Waals surface area contributed by atoms with Gasteiger partial charge in [-0.2, -0.15) is 0 Å². The molecule has 0 spiro atoms. The van der Waals surface area contributed by atoms with Crippen LogP contribution in [0, 0.1) is 0 Å². The number of fused-ring (bicyclic) bond motifs is 6. The molecule has 1 aromatic heterocycles. The topological polar surface area (TPSA) is 8.17 Å². The van der Waals surface area contributed by atoms with Gasteiger partial charge in [-0.25, -0.2) is 0 Å². The van der Waals surface area contributed by atoms with Crippen LogP contribution < -0.4 is 4.90 Å². The Balaban J connectivity index is 1.12. The van der Waals surface area contributed by atoms with Gasteiger partial charge in [0.1, 0.15) is 0 Å². The lowest BCUT2D eigenvalue weighted by atomic mass is 9.82. The smallest absolute Gasteiger partial charge is 0.0541 e. The molecule has 0 aliphatic heterocycles. The molecule has 0 amide bonds. The number of nitrogens with zero attached hydrogens (tertiary/aromatic N) is 2. The van der Waals surface area contributed by atoms with Crippen LogP contribution in [-0.4, -0.2) is 4.57 Å². The number of anilines is 3. The third kappa shape index (κ3) is 5.10. The Morgan fingerprint density at radius 3 is 1.32 bits per heavy atom. The third-order valence-electron chi connectivity index (χ3n) is 11.2. The lowest BCUT2D eigenvalue weighted by molar-refractivity contribution is 0.660. The Hall–Kier alpha value is -6.64. The van der Waals surface area contributed by atoms with E-state index in [1.807, 2.05) is 0 Å². The van der Waals surface area contributed by atoms with Crippen LogP contribution in [0.2, 0.25) is 0 Å². The van der Waals surface area contributed by atoms with E-state index in [4.69, 9.17) is 0 Å². The van der Waals surface area contributed by atoms with Crippen molar-refractivity contribution in [1.82, 2.24) is 4.57 Å². The van der Waals surface area contributed by atoms with Crippen molar-refractivity contribution in [1.29, 1.82) is 0 Å². The van der Waals surface area contributed by atoms with Gasteiger partial charge < -0.3 is 9.47 Å². The zero-order valence-electron chi connectivity index (χ0n) is 29.9. The molecule has 9 aromatic rings. The molecule has 1 aliphatic rings. The maximum atomic E-state index is 2.43. The van der Waals surface area contributed by atoms with E-state index in [-0.39, 0.29) is 5.41 Å². The molecule has 0 unspecified atom stereocenters. The average molecular weight is 679 g/mol. The molecule has 0 bridgehead atoms. The van der Waals surface area contributed by atoms with Crippen LogP contribution in [0.5, 0.6) is 0 Å². The number of hydrogen-bond acceptors (Lipinski definition) is 1. The predicted molar refractivity (Wildman–Crippen MR) is 224 cm³/mol. The standard InChI is InChI=1S/C51H38N2/c1-51(2)47-31-29-41(33-45(47)46-34-42(30-32-48(46)51)53-49-19-11-9-17-43(49)44-18-10-12-20-50(44)53)52(39-25-21-37(22-26-39)35-13-5-3-6-14-35)40-27-23-38(24-28-40)36-15-7-4-8-16-36/h3-34H,1-2H3. The first kappa shape index (κ1) is 31.1. The monoisotopic (exact) mass is 678 g/mol. The maximum Gasteiger partial charge on any atom is 0.0541 e. The van der Waals surface area contributed by atoms with E-state index in [1.54, 1.807) is 0 Å². The lowest BCUT2D eigenvalue weighted by Gasteiger charge is -2.27. The minimum absolute atomic E-state index is 0.123. The Kier molecular flexibility index (Phi) is 7.19. The molecule has 0 atom stereocenters. The Labute approximate surface area is 310 Å². The summed E-state index contributed by atoms with van der Waals surface area (Å²) in [4.78, 5) is 2.39. The normalized spacial score (nSPS) is 12.9. The average Bonchev–Trinajstić information content (AvgIpc) is 3.67. The second-order valence-corrected chi connectivity index (χ2v) is 14.6. The van der Waals surface area contributed by atoms with Gasteiger partial charge in [-0.05, 0) is 105 Å². The second kappa shape index (κ2) is 12.3. The quantitative estimate of drug-likeness (QED) is 0.170. The molecule has 0 N–H and O–H groups in total. The van der Waals surface area contributed by atoms with Crippen molar-refractivity contribution in [2.45, 2.75) is 19.3 Å². The van der Waals surface area contributed by atoms with Crippen LogP contribution in [-0.2, 0) is 5.41 Å². The SMILES string of the molecule is CC1(C)c2ccc(N(c3ccc(-c4ccccc4)cc3)c3ccc(-c4ccccc4)cc3)cc2-c2cc(-n3c4ccccc4c4ccccc43)ccc21. The number of para-hydroxylation sites is 2. The van der Waals surface area contributed by atoms with Crippen LogP contribution in [0.4, 0.5) is 17.1 Å². The molecule has 2 heteroatoms. The summed E-state index contributed by atoms with van der Waals surface area (Å²) < 4.78 is 2.43. The molecule has 0 fully saturated rings. The van der Waals surface area contributed by atoms with Crippen molar-refractivity contribution < 1.29 is 0 Å². The number of rotatable bonds is 6. The molecule has 0 saturated heterocycles. The molecule has 0 saturated carbocycles. The number of benzene rings is 8. The lowest BCUT2D eigenvalue weighted by Crippen LogP contribution is -2.15. The fourth-order valence-electron chi connectivity index (χ4n) is 8.54. The minimum atomic E-state index is -0.123. The summed E-state index contributed by atoms with van der Waals surface area (Å²) in [6.07, 6.45) is 0. The summed E-state index contributed by atoms with van der Waals surface area (Å²) in [5, 5.41) is 2.55. The highest BCUT2D eigenvalue weighted by atomic mass is 15.1. The van der Waals surface area contributed by atoms with E-state index < -0.39 is 0 Å². The highest BCUT2D eigenvalue weighted by Crippen LogP contribution is 2.51. The van der Waals surface area contributed by atoms with Gasteiger partial charge in [0, 0.05) is 38.9 Å². The van der Waals surface area contributed by atoms with E-state index in [0.717, 1.165) is 17.1 Å². The minimum Gasteiger partial charge on any atom is -0.310 e. The highest BCUT2D eigenvalue weighted by Gasteiger charge is 2.36. The molecule has 2 nitrogen and oxygen atoms in total. The van der Waals surface area contributed by atoms with Crippen molar-refractivity contribution >= 4 is 38.9 Å². The van der Waals surface area contributed by atoms with Gasteiger partial charge in [-0.15, -0.1) is 0 Å². The van der Waals surface area contributed by atoms with Gasteiger partial charge >= 0.3 is 0 Å². The number of aromatic nitrogens is 1. The van der Waals surface area contributed by atoms with Crippen LogP contribution >= 0.6 is 0 Å². The zero-order chi connectivity index (χ0) is 35.5. The van der Waals surface area contributed by atoms with Crippen molar-refractivity contribution in [3.05, 3.63) is 205 Å². The molecule has 53 heavy (non-hydrogen) atoms. The van der Waals surface area contributed by atoms with Crippen LogP contribution in [0.25, 0.3) is 60.9 Å². The van der Waals surface area contributed by atoms with E-state index in [9.17, 15) is 0 Å². The van der Waals surface area contributed by atoms with Crippen molar-refractivity contribution in [2.75, 3.05) is 4.90 Å². The van der Waals surface area contributed by atoms with E-state index in [0.29, 0.717) is 0 Å². The third-order valence-corrected chi connectivity index (χ3v) is 11.2. The highest BCUT2D eigenvalue weighted by molar-refractivity contribution is 6.09. The van der Waals surface area contributed by atoms with Gasteiger partial charge in [-0.1, -0.05) is 147 Å². The predicted octanol–water partition coefficient (Wildman–Crippen LogP) is 13.9. The van der Waals surface area contributed by atoms with Crippen LogP contribution in [0.1, 0.15) is 25.0 Å². The summed E-state index contributed by atoms with van der Waals surface area (Å²) in [6, 6.07) is 70.8. The van der Waals surface area contributed by atoms with E-state index in [2.05, 4.69) is 217 Å². The van der Waals surface area contributed by atoms with E-state index in [1.165, 1.54) is 72.0 Å². The van der Waals surface area contributed by atoms with Gasteiger partial charge in [0.25, 0.3) is 0 Å². The molecule has 10 rings (SSSR count). The van der Waals surface area contributed by atoms with Crippen LogP contribution in [0.15, 0.2) is 194 Å². The summed E-state index contributed by atoms with van der Waals surface area (Å²) in [5.74, 6) is 0. The van der Waals surface area contributed by atoms with Crippen LogP contribution in [0.3, 0.4) is 0 Å². The van der Waals surface area contributed by atoms with E-state index >= 15 is 0 Å². The first-order valence-corrected chi connectivity index (χ1v) is 18.4. The van der Waals surface area contributed by atoms with Crippen molar-refractivity contribution in [3.63, 3.8) is 0 Å². The summed E-state index contributed by atoms with van der Waals surface area (Å²) in [5.41, 5.74) is 17.0. The molecule has 1 heterocycles. The Bertz CT molecular complexity index is 2640. The molecular weight excluding hydrogens is 641 g/mol. The largest absolute Gasteiger partial charge is 0.310 e. The maximum absolute atomic E-state index is 2.43. The second-order valence-electron chi connectivity index (χ2n) is 14.6. The Morgan fingerprint density at radius 2 is 0.792 bits per heavy atom.